The lowest BCUT2D eigenvalue weighted by atomic mass is 9.90. The summed E-state index contributed by atoms with van der Waals surface area (Å²) >= 11 is 0. The third kappa shape index (κ3) is 1.99. The van der Waals surface area contributed by atoms with Gasteiger partial charge >= 0.3 is 0 Å². The zero-order chi connectivity index (χ0) is 13.5. The van der Waals surface area contributed by atoms with E-state index in [9.17, 15) is 0 Å². The van der Waals surface area contributed by atoms with Gasteiger partial charge in [0, 0.05) is 6.04 Å². The van der Waals surface area contributed by atoms with Crippen molar-refractivity contribution in [2.24, 2.45) is 11.7 Å². The number of nitrogens with two attached hydrogens (primary N) is 1. The zero-order valence-electron chi connectivity index (χ0n) is 11.5. The van der Waals surface area contributed by atoms with Crippen LogP contribution in [0.25, 0.3) is 21.5 Å². The van der Waals surface area contributed by atoms with Crippen LogP contribution >= 0.6 is 0 Å². The molecule has 2 N–H and O–H groups in total. The Morgan fingerprint density at radius 2 is 1.45 bits per heavy atom. The first-order valence-corrected chi connectivity index (χ1v) is 7.49. The second-order valence-corrected chi connectivity index (χ2v) is 6.02. The molecule has 100 valence electrons. The van der Waals surface area contributed by atoms with Crippen LogP contribution in [0, 0.1) is 5.92 Å². The maximum absolute atomic E-state index is 6.57. The lowest BCUT2D eigenvalue weighted by Gasteiger charge is -2.18. The molecule has 0 aromatic heterocycles. The maximum atomic E-state index is 6.57. The molecule has 1 fully saturated rings. The monoisotopic (exact) mass is 261 g/mol. The van der Waals surface area contributed by atoms with Crippen LogP contribution in [0.5, 0.6) is 0 Å². The average Bonchev–Trinajstić information content (AvgIpc) is 3.28. The van der Waals surface area contributed by atoms with Crippen LogP contribution in [0.4, 0.5) is 0 Å². The van der Waals surface area contributed by atoms with Gasteiger partial charge in [-0.2, -0.15) is 0 Å². The van der Waals surface area contributed by atoms with Crippen molar-refractivity contribution in [2.75, 3.05) is 0 Å². The molecule has 0 amide bonds. The molecular weight excluding hydrogens is 242 g/mol. The SMILES string of the molecule is N[C@@H](CC1CC1)c1c2ccccc2cc2ccccc12. The molecule has 0 bridgehead atoms. The second-order valence-electron chi connectivity index (χ2n) is 6.02. The molecule has 1 atom stereocenters. The molecule has 1 saturated carbocycles. The van der Waals surface area contributed by atoms with Gasteiger partial charge in [0.15, 0.2) is 0 Å². The number of fused-ring (bicyclic) bond motifs is 2. The van der Waals surface area contributed by atoms with Gasteiger partial charge in [0.05, 0.1) is 0 Å². The van der Waals surface area contributed by atoms with E-state index in [0.29, 0.717) is 0 Å². The highest BCUT2D eigenvalue weighted by Crippen LogP contribution is 2.40. The summed E-state index contributed by atoms with van der Waals surface area (Å²) in [5, 5.41) is 5.23. The first-order valence-electron chi connectivity index (χ1n) is 7.49. The van der Waals surface area contributed by atoms with Gasteiger partial charge in [-0.1, -0.05) is 61.4 Å². The molecule has 1 heteroatoms. The minimum atomic E-state index is 0.151. The molecular formula is C19H19N. The Morgan fingerprint density at radius 3 is 2.00 bits per heavy atom. The van der Waals surface area contributed by atoms with Crippen molar-refractivity contribution in [1.82, 2.24) is 0 Å². The fraction of sp³-hybridized carbons (Fsp3) is 0.263. The Labute approximate surface area is 119 Å². The van der Waals surface area contributed by atoms with Crippen LogP contribution < -0.4 is 5.73 Å². The zero-order valence-corrected chi connectivity index (χ0v) is 11.5. The van der Waals surface area contributed by atoms with Crippen molar-refractivity contribution in [3.8, 4) is 0 Å². The standard InChI is InChI=1S/C19H19N/c20-18(11-13-9-10-13)19-16-7-3-1-5-14(16)12-15-6-2-4-8-17(15)19/h1-8,12-13,18H,9-11,20H2/t18-/m0/s1. The van der Waals surface area contributed by atoms with Crippen LogP contribution in [0.15, 0.2) is 54.6 Å². The minimum Gasteiger partial charge on any atom is -0.324 e. The lowest BCUT2D eigenvalue weighted by molar-refractivity contribution is 0.603. The van der Waals surface area contributed by atoms with Crippen LogP contribution in [0.3, 0.4) is 0 Å². The molecule has 0 radical (unpaired) electrons. The molecule has 0 unspecified atom stereocenters. The third-order valence-electron chi connectivity index (χ3n) is 4.47. The highest BCUT2D eigenvalue weighted by molar-refractivity contribution is 6.02. The van der Waals surface area contributed by atoms with Crippen LogP contribution in [-0.2, 0) is 0 Å². The van der Waals surface area contributed by atoms with Crippen molar-refractivity contribution in [2.45, 2.75) is 25.3 Å². The Bertz CT molecular complexity index is 717. The molecule has 1 nitrogen and oxygen atoms in total. The van der Waals surface area contributed by atoms with Crippen molar-refractivity contribution >= 4 is 21.5 Å². The number of hydrogen-bond acceptors (Lipinski definition) is 1. The molecule has 0 saturated heterocycles. The van der Waals surface area contributed by atoms with Crippen molar-refractivity contribution in [1.29, 1.82) is 0 Å². The Kier molecular flexibility index (Phi) is 2.75. The molecule has 3 aromatic carbocycles. The number of benzene rings is 3. The summed E-state index contributed by atoms with van der Waals surface area (Å²) in [5.41, 5.74) is 7.91. The van der Waals surface area contributed by atoms with Crippen LogP contribution in [-0.4, -0.2) is 0 Å². The smallest absolute Gasteiger partial charge is 0.0309 e. The molecule has 1 aliphatic carbocycles. The van der Waals surface area contributed by atoms with E-state index in [1.165, 1.54) is 39.9 Å². The first kappa shape index (κ1) is 11.9. The summed E-state index contributed by atoms with van der Waals surface area (Å²) in [7, 11) is 0. The predicted molar refractivity (Wildman–Crippen MR) is 85.7 cm³/mol. The molecule has 20 heavy (non-hydrogen) atoms. The van der Waals surface area contributed by atoms with Gasteiger partial charge in [0.2, 0.25) is 0 Å². The molecule has 0 spiro atoms. The fourth-order valence-electron chi connectivity index (χ4n) is 3.28. The van der Waals surface area contributed by atoms with E-state index in [-0.39, 0.29) is 6.04 Å². The van der Waals surface area contributed by atoms with Gasteiger partial charge in [-0.05, 0) is 45.5 Å². The van der Waals surface area contributed by atoms with E-state index >= 15 is 0 Å². The summed E-state index contributed by atoms with van der Waals surface area (Å²) in [5.74, 6) is 0.850. The van der Waals surface area contributed by atoms with E-state index in [2.05, 4.69) is 54.6 Å². The van der Waals surface area contributed by atoms with E-state index in [1.54, 1.807) is 0 Å². The van der Waals surface area contributed by atoms with E-state index < -0.39 is 0 Å². The largest absolute Gasteiger partial charge is 0.324 e. The Balaban J connectivity index is 2.00. The summed E-state index contributed by atoms with van der Waals surface area (Å²) < 4.78 is 0. The van der Waals surface area contributed by atoms with E-state index in [4.69, 9.17) is 5.73 Å². The first-order chi connectivity index (χ1) is 9.83. The summed E-state index contributed by atoms with van der Waals surface area (Å²) in [6, 6.07) is 19.7. The highest BCUT2D eigenvalue weighted by atomic mass is 14.6. The number of hydrogen-bond donors (Lipinski definition) is 1. The van der Waals surface area contributed by atoms with Gasteiger partial charge in [-0.25, -0.2) is 0 Å². The lowest BCUT2D eigenvalue weighted by Crippen LogP contribution is -2.12. The topological polar surface area (TPSA) is 26.0 Å². The van der Waals surface area contributed by atoms with Crippen LogP contribution in [0.1, 0.15) is 30.9 Å². The van der Waals surface area contributed by atoms with Gasteiger partial charge in [0.1, 0.15) is 0 Å². The van der Waals surface area contributed by atoms with Crippen molar-refractivity contribution in [3.63, 3.8) is 0 Å². The average molecular weight is 261 g/mol. The second kappa shape index (κ2) is 4.60. The number of rotatable bonds is 3. The molecule has 4 rings (SSSR count). The minimum absolute atomic E-state index is 0.151. The molecule has 1 aliphatic rings. The highest BCUT2D eigenvalue weighted by Gasteiger charge is 2.26. The van der Waals surface area contributed by atoms with Gasteiger partial charge < -0.3 is 5.73 Å². The Hall–Kier alpha value is -1.86. The predicted octanol–water partition coefficient (Wildman–Crippen LogP) is 4.79. The summed E-state index contributed by atoms with van der Waals surface area (Å²) in [6.45, 7) is 0. The Morgan fingerprint density at radius 1 is 0.900 bits per heavy atom. The normalized spacial score (nSPS) is 16.6. The third-order valence-corrected chi connectivity index (χ3v) is 4.47. The summed E-state index contributed by atoms with van der Waals surface area (Å²) in [4.78, 5) is 0. The van der Waals surface area contributed by atoms with Gasteiger partial charge in [-0.3, -0.25) is 0 Å². The van der Waals surface area contributed by atoms with Gasteiger partial charge in [-0.15, -0.1) is 0 Å². The fourth-order valence-corrected chi connectivity index (χ4v) is 3.28. The van der Waals surface area contributed by atoms with Crippen molar-refractivity contribution in [3.05, 3.63) is 60.2 Å². The quantitative estimate of drug-likeness (QED) is 0.674. The van der Waals surface area contributed by atoms with Gasteiger partial charge in [0.25, 0.3) is 0 Å². The molecule has 0 heterocycles. The van der Waals surface area contributed by atoms with Crippen molar-refractivity contribution < 1.29 is 0 Å². The molecule has 0 aliphatic heterocycles. The van der Waals surface area contributed by atoms with E-state index in [1.807, 2.05) is 0 Å². The van der Waals surface area contributed by atoms with Crippen LogP contribution in [0.2, 0.25) is 0 Å². The maximum Gasteiger partial charge on any atom is 0.0309 e. The van der Waals surface area contributed by atoms with E-state index in [0.717, 1.165) is 12.3 Å². The molecule has 3 aromatic rings. The summed E-state index contributed by atoms with van der Waals surface area (Å²) in [6.07, 6.45) is 3.84.